The normalized spacial score (nSPS) is 20.2. The zero-order chi connectivity index (χ0) is 14.5. The minimum Gasteiger partial charge on any atom is -0.479 e. The quantitative estimate of drug-likeness (QED) is 0.833. The molecule has 0 aliphatic carbocycles. The first-order chi connectivity index (χ1) is 8.82. The molecule has 19 heavy (non-hydrogen) atoms. The molecular weight excluding hydrogens is 250 g/mol. The number of carboxylic acid groups (broad SMARTS) is 1. The van der Waals surface area contributed by atoms with Crippen LogP contribution in [-0.4, -0.2) is 35.5 Å². The van der Waals surface area contributed by atoms with Crippen LogP contribution in [0.4, 0.5) is 0 Å². The smallest absolute Gasteiger partial charge is 0.335 e. The molecule has 0 radical (unpaired) electrons. The van der Waals surface area contributed by atoms with Gasteiger partial charge in [-0.3, -0.25) is 4.79 Å². The fraction of sp³-hybridized carbons (Fsp3) is 0.385. The fourth-order valence-corrected chi connectivity index (χ4v) is 1.41. The van der Waals surface area contributed by atoms with Crippen molar-refractivity contribution in [2.24, 2.45) is 5.73 Å². The third-order valence-electron chi connectivity index (χ3n) is 2.34. The maximum absolute atomic E-state index is 10.4. The van der Waals surface area contributed by atoms with Gasteiger partial charge in [-0.1, -0.05) is 18.2 Å². The van der Waals surface area contributed by atoms with Gasteiger partial charge in [0.15, 0.2) is 11.9 Å². The van der Waals surface area contributed by atoms with Crippen LogP contribution in [0.5, 0.6) is 0 Å². The average molecular weight is 267 g/mol. The number of primary amides is 1. The second-order valence-corrected chi connectivity index (χ2v) is 4.39. The summed E-state index contributed by atoms with van der Waals surface area (Å²) >= 11 is 0. The Balaban J connectivity index is 0.000000191. The van der Waals surface area contributed by atoms with E-state index in [1.54, 1.807) is 38.1 Å². The van der Waals surface area contributed by atoms with Crippen LogP contribution >= 0.6 is 0 Å². The van der Waals surface area contributed by atoms with Gasteiger partial charge in [-0.2, -0.15) is 0 Å². The van der Waals surface area contributed by atoms with Gasteiger partial charge in [0.1, 0.15) is 0 Å². The highest BCUT2D eigenvalue weighted by atomic mass is 16.7. The summed E-state index contributed by atoms with van der Waals surface area (Å²) in [5.41, 5.74) is 5.53. The number of carbonyl (C=O) groups is 2. The molecule has 0 saturated carbocycles. The standard InChI is InChI=1S/C7H7NO.C6H10O4/c8-7(9)6-4-2-1-3-5-6;1-6(2)9-3-4(10-6)5(7)8/h1-5H,(H2,8,9);4H,3H2,1-2H3,(H,7,8)/t;4-/m.0/s1. The van der Waals surface area contributed by atoms with E-state index in [1.165, 1.54) is 0 Å². The van der Waals surface area contributed by atoms with Crippen LogP contribution in [0.15, 0.2) is 30.3 Å². The summed E-state index contributed by atoms with van der Waals surface area (Å²) in [5.74, 6) is -2.08. The Labute approximate surface area is 111 Å². The first-order valence-electron chi connectivity index (χ1n) is 5.71. The van der Waals surface area contributed by atoms with Crippen molar-refractivity contribution >= 4 is 11.9 Å². The van der Waals surface area contributed by atoms with Crippen LogP contribution < -0.4 is 5.73 Å². The molecule has 1 amide bonds. The number of rotatable bonds is 2. The molecule has 1 aromatic carbocycles. The molecule has 0 bridgehead atoms. The highest BCUT2D eigenvalue weighted by Gasteiger charge is 2.36. The average Bonchev–Trinajstić information content (AvgIpc) is 2.72. The summed E-state index contributed by atoms with van der Waals surface area (Å²) in [6.07, 6.45) is -0.796. The molecule has 0 unspecified atom stereocenters. The topological polar surface area (TPSA) is 98.8 Å². The monoisotopic (exact) mass is 267 g/mol. The van der Waals surface area contributed by atoms with Gasteiger partial charge in [0.2, 0.25) is 5.91 Å². The number of carboxylic acids is 1. The van der Waals surface area contributed by atoms with Gasteiger partial charge in [0.05, 0.1) is 6.61 Å². The summed E-state index contributed by atoms with van der Waals surface area (Å²) < 4.78 is 10.00. The van der Waals surface area contributed by atoms with E-state index in [2.05, 4.69) is 0 Å². The highest BCUT2D eigenvalue weighted by Crippen LogP contribution is 2.21. The number of benzene rings is 1. The molecule has 3 N–H and O–H groups in total. The van der Waals surface area contributed by atoms with Crippen molar-refractivity contribution in [3.63, 3.8) is 0 Å². The molecule has 6 nitrogen and oxygen atoms in total. The van der Waals surface area contributed by atoms with E-state index < -0.39 is 17.9 Å². The minimum atomic E-state index is -0.967. The number of ether oxygens (including phenoxy) is 2. The van der Waals surface area contributed by atoms with Crippen LogP contribution in [0, 0.1) is 0 Å². The van der Waals surface area contributed by atoms with E-state index in [0.717, 1.165) is 0 Å². The van der Waals surface area contributed by atoms with Crippen molar-refractivity contribution in [2.45, 2.75) is 25.7 Å². The summed E-state index contributed by atoms with van der Waals surface area (Å²) in [7, 11) is 0. The van der Waals surface area contributed by atoms with Gasteiger partial charge >= 0.3 is 5.97 Å². The van der Waals surface area contributed by atoms with E-state index >= 15 is 0 Å². The molecule has 1 atom stereocenters. The van der Waals surface area contributed by atoms with Crippen LogP contribution in [0.1, 0.15) is 24.2 Å². The molecule has 0 aromatic heterocycles. The van der Waals surface area contributed by atoms with Crippen molar-refractivity contribution in [1.29, 1.82) is 0 Å². The zero-order valence-corrected chi connectivity index (χ0v) is 10.8. The van der Waals surface area contributed by atoms with Crippen molar-refractivity contribution < 1.29 is 24.2 Å². The maximum Gasteiger partial charge on any atom is 0.335 e. The molecule has 1 aliphatic heterocycles. The lowest BCUT2D eigenvalue weighted by Gasteiger charge is -2.15. The van der Waals surface area contributed by atoms with Crippen molar-refractivity contribution in [3.8, 4) is 0 Å². The molecule has 2 rings (SSSR count). The van der Waals surface area contributed by atoms with Gasteiger partial charge in [0, 0.05) is 5.56 Å². The Morgan fingerprint density at radius 2 is 1.89 bits per heavy atom. The van der Waals surface area contributed by atoms with Gasteiger partial charge < -0.3 is 20.3 Å². The molecular formula is C13H17NO5. The molecule has 104 valence electrons. The van der Waals surface area contributed by atoms with Crippen LogP contribution in [0.25, 0.3) is 0 Å². The van der Waals surface area contributed by atoms with Crippen molar-refractivity contribution in [3.05, 3.63) is 35.9 Å². The van der Waals surface area contributed by atoms with E-state index in [0.29, 0.717) is 5.56 Å². The third-order valence-corrected chi connectivity index (χ3v) is 2.34. The number of hydrogen-bond donors (Lipinski definition) is 2. The lowest BCUT2D eigenvalue weighted by Crippen LogP contribution is -2.26. The molecule has 1 aliphatic rings. The van der Waals surface area contributed by atoms with Gasteiger partial charge in [0.25, 0.3) is 0 Å². The third kappa shape index (κ3) is 5.07. The molecule has 1 heterocycles. The zero-order valence-electron chi connectivity index (χ0n) is 10.8. The van der Waals surface area contributed by atoms with Gasteiger partial charge in [-0.25, -0.2) is 4.79 Å². The lowest BCUT2D eigenvalue weighted by atomic mass is 10.2. The maximum atomic E-state index is 10.4. The Morgan fingerprint density at radius 3 is 2.16 bits per heavy atom. The first kappa shape index (κ1) is 15.1. The van der Waals surface area contributed by atoms with Crippen molar-refractivity contribution in [2.75, 3.05) is 6.61 Å². The van der Waals surface area contributed by atoms with E-state index in [-0.39, 0.29) is 12.5 Å². The predicted octanol–water partition coefficient (Wildman–Crippen LogP) is 1.01. The Kier molecular flexibility index (Phi) is 5.02. The number of amides is 1. The van der Waals surface area contributed by atoms with Crippen LogP contribution in [0.3, 0.4) is 0 Å². The van der Waals surface area contributed by atoms with E-state index in [9.17, 15) is 9.59 Å². The molecule has 1 fully saturated rings. The summed E-state index contributed by atoms with van der Waals surface area (Å²) in [6.45, 7) is 3.52. The highest BCUT2D eigenvalue weighted by molar-refractivity contribution is 5.92. The minimum absolute atomic E-state index is 0.141. The molecule has 0 spiro atoms. The number of aliphatic carboxylic acids is 1. The second kappa shape index (κ2) is 6.31. The van der Waals surface area contributed by atoms with Crippen LogP contribution in [-0.2, 0) is 14.3 Å². The first-order valence-corrected chi connectivity index (χ1v) is 5.71. The van der Waals surface area contributed by atoms with Gasteiger partial charge in [-0.05, 0) is 26.0 Å². The number of nitrogens with two attached hydrogens (primary N) is 1. The summed E-state index contributed by atoms with van der Waals surface area (Å²) in [5, 5.41) is 8.44. The molecule has 6 heteroatoms. The van der Waals surface area contributed by atoms with E-state index in [1.807, 2.05) is 6.07 Å². The molecule has 1 aromatic rings. The number of carbonyl (C=O) groups excluding carboxylic acids is 1. The largest absolute Gasteiger partial charge is 0.479 e. The summed E-state index contributed by atoms with van der Waals surface area (Å²) in [4.78, 5) is 20.7. The lowest BCUT2D eigenvalue weighted by molar-refractivity contribution is -0.164. The fourth-order valence-electron chi connectivity index (χ4n) is 1.41. The van der Waals surface area contributed by atoms with Crippen LogP contribution in [0.2, 0.25) is 0 Å². The summed E-state index contributed by atoms with van der Waals surface area (Å²) in [6, 6.07) is 8.76. The van der Waals surface area contributed by atoms with Gasteiger partial charge in [-0.15, -0.1) is 0 Å². The predicted molar refractivity (Wildman–Crippen MR) is 67.5 cm³/mol. The Bertz CT molecular complexity index is 444. The second-order valence-electron chi connectivity index (χ2n) is 4.39. The Morgan fingerprint density at radius 1 is 1.32 bits per heavy atom. The van der Waals surface area contributed by atoms with Crippen molar-refractivity contribution in [1.82, 2.24) is 0 Å². The number of hydrogen-bond acceptors (Lipinski definition) is 4. The molecule has 1 saturated heterocycles. The Hall–Kier alpha value is -1.92. The SMILES string of the molecule is CC1(C)OC[C@@H](C(=O)O)O1.NC(=O)c1ccccc1. The van der Waals surface area contributed by atoms with E-state index in [4.69, 9.17) is 20.3 Å².